The molecule has 2 heterocycles. The smallest absolute Gasteiger partial charge is 0.257 e. The van der Waals surface area contributed by atoms with Crippen LogP contribution in [-0.2, 0) is 10.0 Å². The van der Waals surface area contributed by atoms with Gasteiger partial charge in [-0.2, -0.15) is 0 Å². The molecular weight excluding hydrogens is 252 g/mol. The van der Waals surface area contributed by atoms with Crippen LogP contribution in [-0.4, -0.2) is 36.5 Å². The highest BCUT2D eigenvalue weighted by atomic mass is 32.2. The number of hydrogen-bond donors (Lipinski definition) is 3. The van der Waals surface area contributed by atoms with Crippen LogP contribution in [0.1, 0.15) is 32.5 Å². The average molecular weight is 272 g/mol. The Bertz CT molecular complexity index is 511. The second-order valence-corrected chi connectivity index (χ2v) is 6.68. The minimum absolute atomic E-state index is 0.0743. The molecule has 0 bridgehead atoms. The van der Waals surface area contributed by atoms with Gasteiger partial charge in [-0.3, -0.25) is 0 Å². The van der Waals surface area contributed by atoms with Crippen molar-refractivity contribution in [1.82, 2.24) is 20.0 Å². The third-order valence-electron chi connectivity index (χ3n) is 3.34. The molecule has 1 aromatic heterocycles. The summed E-state index contributed by atoms with van der Waals surface area (Å²) >= 11 is 0. The number of aryl methyl sites for hydroxylation is 1. The Kier molecular flexibility index (Phi) is 3.74. The van der Waals surface area contributed by atoms with Crippen LogP contribution in [0.25, 0.3) is 0 Å². The molecule has 3 atom stereocenters. The fraction of sp³-hybridized carbons (Fsp3) is 0.727. The van der Waals surface area contributed by atoms with Crippen molar-refractivity contribution in [2.75, 3.05) is 0 Å². The molecule has 0 spiro atoms. The van der Waals surface area contributed by atoms with Gasteiger partial charge in [0.2, 0.25) is 0 Å². The molecule has 3 unspecified atom stereocenters. The lowest BCUT2D eigenvalue weighted by atomic mass is 9.96. The van der Waals surface area contributed by atoms with E-state index in [1.807, 2.05) is 6.92 Å². The Morgan fingerprint density at radius 2 is 2.11 bits per heavy atom. The zero-order chi connectivity index (χ0) is 13.3. The van der Waals surface area contributed by atoms with Crippen LogP contribution >= 0.6 is 0 Å². The van der Waals surface area contributed by atoms with E-state index in [0.717, 1.165) is 12.8 Å². The summed E-state index contributed by atoms with van der Waals surface area (Å²) in [6, 6.07) is 0.498. The lowest BCUT2D eigenvalue weighted by Gasteiger charge is -2.34. The van der Waals surface area contributed by atoms with Crippen molar-refractivity contribution >= 4 is 10.0 Å². The van der Waals surface area contributed by atoms with Gasteiger partial charge in [-0.1, -0.05) is 0 Å². The van der Waals surface area contributed by atoms with Gasteiger partial charge < -0.3 is 10.3 Å². The number of aromatic nitrogens is 2. The van der Waals surface area contributed by atoms with E-state index in [0.29, 0.717) is 11.9 Å². The molecule has 1 fully saturated rings. The first-order valence-corrected chi connectivity index (χ1v) is 7.67. The first-order valence-electron chi connectivity index (χ1n) is 6.18. The largest absolute Gasteiger partial charge is 0.332 e. The molecule has 0 amide bonds. The predicted molar refractivity (Wildman–Crippen MR) is 68.7 cm³/mol. The minimum atomic E-state index is -3.50. The highest BCUT2D eigenvalue weighted by Crippen LogP contribution is 2.16. The molecule has 0 radical (unpaired) electrons. The molecule has 3 N–H and O–H groups in total. The number of aromatic amines is 1. The van der Waals surface area contributed by atoms with E-state index in [-0.39, 0.29) is 17.1 Å². The summed E-state index contributed by atoms with van der Waals surface area (Å²) in [5.74, 6) is 0.596. The third-order valence-corrected chi connectivity index (χ3v) is 4.74. The number of H-pyrrole nitrogens is 1. The Hall–Kier alpha value is -0.920. The average Bonchev–Trinajstić information content (AvgIpc) is 2.70. The lowest BCUT2D eigenvalue weighted by Crippen LogP contribution is -2.54. The predicted octanol–water partition coefficient (Wildman–Crippen LogP) is 0.525. The molecule has 7 heteroatoms. The van der Waals surface area contributed by atoms with Crippen LogP contribution in [0.2, 0.25) is 0 Å². The van der Waals surface area contributed by atoms with Crippen LogP contribution in [0.5, 0.6) is 0 Å². The second-order valence-electron chi connectivity index (χ2n) is 4.99. The van der Waals surface area contributed by atoms with Gasteiger partial charge in [-0.05, 0) is 33.6 Å². The molecule has 0 aliphatic carbocycles. The SMILES string of the molecule is Cc1ncc(S(=O)(=O)NC2CCC(C)NC2C)[nH]1. The zero-order valence-corrected chi connectivity index (χ0v) is 11.7. The van der Waals surface area contributed by atoms with Gasteiger partial charge in [0.05, 0.1) is 6.20 Å². The van der Waals surface area contributed by atoms with Crippen molar-refractivity contribution in [1.29, 1.82) is 0 Å². The van der Waals surface area contributed by atoms with Gasteiger partial charge in [-0.25, -0.2) is 18.1 Å². The minimum Gasteiger partial charge on any atom is -0.332 e. The highest BCUT2D eigenvalue weighted by molar-refractivity contribution is 7.89. The molecule has 102 valence electrons. The maximum atomic E-state index is 12.1. The number of nitrogens with one attached hydrogen (secondary N) is 3. The lowest BCUT2D eigenvalue weighted by molar-refractivity contribution is 0.296. The second kappa shape index (κ2) is 4.99. The maximum Gasteiger partial charge on any atom is 0.257 e. The van der Waals surface area contributed by atoms with Gasteiger partial charge in [-0.15, -0.1) is 0 Å². The normalized spacial score (nSPS) is 29.4. The fourth-order valence-corrected chi connectivity index (χ4v) is 3.61. The van der Waals surface area contributed by atoms with E-state index < -0.39 is 10.0 Å². The summed E-state index contributed by atoms with van der Waals surface area (Å²) in [4.78, 5) is 6.66. The van der Waals surface area contributed by atoms with Crippen LogP contribution in [0, 0.1) is 6.92 Å². The standard InChI is InChI=1S/C11H20N4O2S/c1-7-4-5-10(8(2)13-7)15-18(16,17)11-6-12-9(3)14-11/h6-8,10,13,15H,4-5H2,1-3H3,(H,12,14). The molecule has 1 aliphatic rings. The summed E-state index contributed by atoms with van der Waals surface area (Å²) in [5.41, 5.74) is 0. The fourth-order valence-electron chi connectivity index (χ4n) is 2.29. The number of nitrogens with zero attached hydrogens (tertiary/aromatic N) is 1. The zero-order valence-electron chi connectivity index (χ0n) is 10.9. The van der Waals surface area contributed by atoms with E-state index in [1.165, 1.54) is 6.20 Å². The number of hydrogen-bond acceptors (Lipinski definition) is 4. The van der Waals surface area contributed by atoms with Crippen LogP contribution in [0.4, 0.5) is 0 Å². The van der Waals surface area contributed by atoms with E-state index in [2.05, 4.69) is 26.9 Å². The number of piperidine rings is 1. The van der Waals surface area contributed by atoms with E-state index in [9.17, 15) is 8.42 Å². The van der Waals surface area contributed by atoms with Gasteiger partial charge in [0, 0.05) is 18.1 Å². The van der Waals surface area contributed by atoms with Crippen LogP contribution in [0.3, 0.4) is 0 Å². The summed E-state index contributed by atoms with van der Waals surface area (Å²) in [6.45, 7) is 5.84. The summed E-state index contributed by atoms with van der Waals surface area (Å²) in [5, 5.41) is 3.49. The summed E-state index contributed by atoms with van der Waals surface area (Å²) in [6.07, 6.45) is 3.17. The number of imidazole rings is 1. The molecule has 1 aliphatic heterocycles. The molecule has 0 saturated carbocycles. The van der Waals surface area contributed by atoms with Crippen molar-refractivity contribution in [3.05, 3.63) is 12.0 Å². The maximum absolute atomic E-state index is 12.1. The van der Waals surface area contributed by atoms with Crippen molar-refractivity contribution in [2.24, 2.45) is 0 Å². The molecule has 18 heavy (non-hydrogen) atoms. The monoisotopic (exact) mass is 272 g/mol. The Morgan fingerprint density at radius 1 is 1.39 bits per heavy atom. The van der Waals surface area contributed by atoms with Crippen LogP contribution in [0.15, 0.2) is 11.2 Å². The van der Waals surface area contributed by atoms with Gasteiger partial charge in [0.25, 0.3) is 10.0 Å². The topological polar surface area (TPSA) is 86.9 Å². The molecule has 0 aromatic carbocycles. The molecule has 6 nitrogen and oxygen atoms in total. The van der Waals surface area contributed by atoms with Crippen molar-refractivity contribution < 1.29 is 8.42 Å². The van der Waals surface area contributed by atoms with E-state index in [4.69, 9.17) is 0 Å². The Balaban J connectivity index is 2.09. The summed E-state index contributed by atoms with van der Waals surface area (Å²) in [7, 11) is -3.50. The Labute approximate surface area is 108 Å². The molecule has 1 aromatic rings. The van der Waals surface area contributed by atoms with Crippen LogP contribution < -0.4 is 10.0 Å². The van der Waals surface area contributed by atoms with Crippen molar-refractivity contribution in [2.45, 2.75) is 56.8 Å². The van der Waals surface area contributed by atoms with Gasteiger partial charge in [0.1, 0.15) is 5.82 Å². The molecule has 2 rings (SSSR count). The van der Waals surface area contributed by atoms with Gasteiger partial charge >= 0.3 is 0 Å². The van der Waals surface area contributed by atoms with Gasteiger partial charge in [0.15, 0.2) is 5.03 Å². The van der Waals surface area contributed by atoms with E-state index in [1.54, 1.807) is 6.92 Å². The molecule has 1 saturated heterocycles. The number of rotatable bonds is 3. The molecular formula is C11H20N4O2S. The van der Waals surface area contributed by atoms with Crippen molar-refractivity contribution in [3.63, 3.8) is 0 Å². The first kappa shape index (κ1) is 13.5. The first-order chi connectivity index (χ1) is 8.38. The quantitative estimate of drug-likeness (QED) is 0.749. The van der Waals surface area contributed by atoms with Crippen molar-refractivity contribution in [3.8, 4) is 0 Å². The number of sulfonamides is 1. The third kappa shape index (κ3) is 2.90. The Morgan fingerprint density at radius 3 is 2.67 bits per heavy atom. The van der Waals surface area contributed by atoms with E-state index >= 15 is 0 Å². The summed E-state index contributed by atoms with van der Waals surface area (Å²) < 4.78 is 27.0. The highest BCUT2D eigenvalue weighted by Gasteiger charge is 2.29.